The second-order valence-corrected chi connectivity index (χ2v) is 3.79. The molecule has 8 nitrogen and oxygen atoms in total. The molecule has 19 heavy (non-hydrogen) atoms. The minimum Gasteiger partial charge on any atom is -0.481 e. The summed E-state index contributed by atoms with van der Waals surface area (Å²) in [5.74, 6) is -2.28. The Labute approximate surface area is 110 Å². The van der Waals surface area contributed by atoms with E-state index in [0.717, 1.165) is 0 Å². The molecule has 1 atom stereocenters. The highest BCUT2D eigenvalue weighted by Crippen LogP contribution is 1.96. The van der Waals surface area contributed by atoms with Gasteiger partial charge in [0.1, 0.15) is 0 Å². The van der Waals surface area contributed by atoms with E-state index in [1.165, 1.54) is 0 Å². The number of esters is 1. The Morgan fingerprint density at radius 1 is 1.11 bits per heavy atom. The maximum atomic E-state index is 11.4. The van der Waals surface area contributed by atoms with Gasteiger partial charge in [0, 0.05) is 19.4 Å². The predicted octanol–water partition coefficient (Wildman–Crippen LogP) is -1.36. The fourth-order valence-electron chi connectivity index (χ4n) is 1.18. The Hall–Kier alpha value is -1.67. The zero-order valence-corrected chi connectivity index (χ0v) is 10.5. The number of carbonyl (C=O) groups excluding carboxylic acids is 2. The number of carboxylic acids is 1. The van der Waals surface area contributed by atoms with E-state index in [-0.39, 0.29) is 38.9 Å². The molecule has 0 fully saturated rings. The average molecular weight is 277 g/mol. The molecule has 0 saturated heterocycles. The number of hydrogen-bond acceptors (Lipinski definition) is 6. The average Bonchev–Trinajstić information content (AvgIpc) is 2.38. The van der Waals surface area contributed by atoms with Gasteiger partial charge in [0.05, 0.1) is 13.2 Å². The first kappa shape index (κ1) is 17.3. The highest BCUT2D eigenvalue weighted by Gasteiger charge is 2.21. The molecule has 1 unspecified atom stereocenters. The lowest BCUT2D eigenvalue weighted by Gasteiger charge is -2.15. The van der Waals surface area contributed by atoms with E-state index in [0.29, 0.717) is 0 Å². The van der Waals surface area contributed by atoms with Crippen LogP contribution >= 0.6 is 0 Å². The van der Waals surface area contributed by atoms with Crippen molar-refractivity contribution in [3.8, 4) is 0 Å². The van der Waals surface area contributed by atoms with E-state index < -0.39 is 30.5 Å². The SMILES string of the molecule is O=C(O)CCCOC(=O)C(CO)NC(=O)CCCO. The molecule has 0 heterocycles. The second kappa shape index (κ2) is 10.3. The molecular formula is C11H19NO7. The molecule has 0 rings (SSSR count). The van der Waals surface area contributed by atoms with Crippen LogP contribution in [-0.2, 0) is 19.1 Å². The zero-order valence-electron chi connectivity index (χ0n) is 10.5. The molecule has 0 aromatic rings. The van der Waals surface area contributed by atoms with E-state index in [2.05, 4.69) is 5.32 Å². The normalized spacial score (nSPS) is 11.7. The van der Waals surface area contributed by atoms with Crippen molar-refractivity contribution in [1.82, 2.24) is 5.32 Å². The first-order valence-corrected chi connectivity index (χ1v) is 5.90. The van der Waals surface area contributed by atoms with Crippen LogP contribution in [0.25, 0.3) is 0 Å². The summed E-state index contributed by atoms with van der Waals surface area (Å²) in [6.07, 6.45) is 0.342. The standard InChI is InChI=1S/C11H19NO7/c13-5-1-3-9(15)12-8(7-14)11(18)19-6-2-4-10(16)17/h8,13-14H,1-7H2,(H,12,15)(H,16,17). The van der Waals surface area contributed by atoms with Crippen molar-refractivity contribution in [2.24, 2.45) is 0 Å². The van der Waals surface area contributed by atoms with Crippen LogP contribution < -0.4 is 5.32 Å². The van der Waals surface area contributed by atoms with Gasteiger partial charge in [0.2, 0.25) is 5.91 Å². The van der Waals surface area contributed by atoms with Crippen molar-refractivity contribution in [2.45, 2.75) is 31.7 Å². The van der Waals surface area contributed by atoms with Crippen molar-refractivity contribution in [3.63, 3.8) is 0 Å². The van der Waals surface area contributed by atoms with Gasteiger partial charge in [-0.15, -0.1) is 0 Å². The minimum absolute atomic E-state index is 0.0410. The molecule has 0 spiro atoms. The summed E-state index contributed by atoms with van der Waals surface area (Å²) in [6, 6.07) is -1.17. The van der Waals surface area contributed by atoms with Gasteiger partial charge in [-0.2, -0.15) is 0 Å². The van der Waals surface area contributed by atoms with Gasteiger partial charge in [0.25, 0.3) is 0 Å². The second-order valence-electron chi connectivity index (χ2n) is 3.79. The van der Waals surface area contributed by atoms with Crippen molar-refractivity contribution in [3.05, 3.63) is 0 Å². The van der Waals surface area contributed by atoms with Crippen LogP contribution in [0.5, 0.6) is 0 Å². The number of amides is 1. The number of rotatable bonds is 10. The zero-order chi connectivity index (χ0) is 14.7. The number of ether oxygens (including phenoxy) is 1. The van der Waals surface area contributed by atoms with Gasteiger partial charge in [0.15, 0.2) is 6.04 Å². The maximum absolute atomic E-state index is 11.4. The number of nitrogens with one attached hydrogen (secondary N) is 1. The molecule has 0 aliphatic carbocycles. The molecule has 0 radical (unpaired) electrons. The molecule has 0 saturated carbocycles. The molecular weight excluding hydrogens is 258 g/mol. The van der Waals surface area contributed by atoms with Crippen LogP contribution in [0.2, 0.25) is 0 Å². The van der Waals surface area contributed by atoms with Crippen LogP contribution in [0.1, 0.15) is 25.7 Å². The first-order valence-electron chi connectivity index (χ1n) is 5.90. The van der Waals surface area contributed by atoms with Gasteiger partial charge in [-0.1, -0.05) is 0 Å². The number of aliphatic hydroxyl groups excluding tert-OH is 2. The largest absolute Gasteiger partial charge is 0.481 e. The van der Waals surface area contributed by atoms with Gasteiger partial charge in [-0.05, 0) is 12.8 Å². The monoisotopic (exact) mass is 277 g/mol. The van der Waals surface area contributed by atoms with E-state index in [1.807, 2.05) is 0 Å². The minimum atomic E-state index is -1.17. The number of carboxylic acid groups (broad SMARTS) is 1. The van der Waals surface area contributed by atoms with Crippen molar-refractivity contribution in [2.75, 3.05) is 19.8 Å². The quantitative estimate of drug-likeness (QED) is 0.286. The summed E-state index contributed by atoms with van der Waals surface area (Å²) in [7, 11) is 0. The molecule has 0 aromatic heterocycles. The van der Waals surface area contributed by atoms with Gasteiger partial charge in [-0.3, -0.25) is 9.59 Å². The lowest BCUT2D eigenvalue weighted by atomic mass is 10.2. The lowest BCUT2D eigenvalue weighted by molar-refractivity contribution is -0.150. The van der Waals surface area contributed by atoms with Crippen LogP contribution in [0.15, 0.2) is 0 Å². The summed E-state index contributed by atoms with van der Waals surface area (Å²) in [5, 5.41) is 28.1. The van der Waals surface area contributed by atoms with E-state index in [1.54, 1.807) is 0 Å². The first-order chi connectivity index (χ1) is 9.01. The van der Waals surface area contributed by atoms with Crippen LogP contribution in [0, 0.1) is 0 Å². The lowest BCUT2D eigenvalue weighted by Crippen LogP contribution is -2.44. The highest BCUT2D eigenvalue weighted by molar-refractivity contribution is 5.84. The number of carbonyl (C=O) groups is 3. The van der Waals surface area contributed by atoms with E-state index in [9.17, 15) is 14.4 Å². The van der Waals surface area contributed by atoms with Crippen LogP contribution in [-0.4, -0.2) is 59.0 Å². The Bertz CT molecular complexity index is 305. The molecule has 0 aliphatic heterocycles. The van der Waals surface area contributed by atoms with Crippen molar-refractivity contribution in [1.29, 1.82) is 0 Å². The molecule has 8 heteroatoms. The van der Waals surface area contributed by atoms with E-state index in [4.69, 9.17) is 20.1 Å². The number of aliphatic hydroxyl groups is 2. The van der Waals surface area contributed by atoms with E-state index >= 15 is 0 Å². The third kappa shape index (κ3) is 8.97. The molecule has 4 N–H and O–H groups in total. The Morgan fingerprint density at radius 2 is 1.79 bits per heavy atom. The van der Waals surface area contributed by atoms with Crippen LogP contribution in [0.4, 0.5) is 0 Å². The van der Waals surface area contributed by atoms with Crippen LogP contribution in [0.3, 0.4) is 0 Å². The fourth-order valence-corrected chi connectivity index (χ4v) is 1.18. The van der Waals surface area contributed by atoms with Gasteiger partial charge >= 0.3 is 11.9 Å². The Kier molecular flexibility index (Phi) is 9.37. The molecule has 1 amide bonds. The smallest absolute Gasteiger partial charge is 0.331 e. The molecule has 0 bridgehead atoms. The molecule has 110 valence electrons. The predicted molar refractivity (Wildman–Crippen MR) is 63.2 cm³/mol. The topological polar surface area (TPSA) is 133 Å². The summed E-state index contributed by atoms with van der Waals surface area (Å²) >= 11 is 0. The fraction of sp³-hybridized carbons (Fsp3) is 0.727. The van der Waals surface area contributed by atoms with Crippen molar-refractivity contribution >= 4 is 17.8 Å². The summed E-state index contributed by atoms with van der Waals surface area (Å²) in [6.45, 7) is -0.840. The summed E-state index contributed by atoms with van der Waals surface area (Å²) < 4.78 is 4.72. The maximum Gasteiger partial charge on any atom is 0.331 e. The Morgan fingerprint density at radius 3 is 2.32 bits per heavy atom. The molecule has 0 aromatic carbocycles. The summed E-state index contributed by atoms with van der Waals surface area (Å²) in [4.78, 5) is 32.9. The third-order valence-corrected chi connectivity index (χ3v) is 2.14. The third-order valence-electron chi connectivity index (χ3n) is 2.14. The molecule has 0 aliphatic rings. The van der Waals surface area contributed by atoms with Gasteiger partial charge in [-0.25, -0.2) is 4.79 Å². The van der Waals surface area contributed by atoms with Crippen molar-refractivity contribution < 1.29 is 34.4 Å². The summed E-state index contributed by atoms with van der Waals surface area (Å²) in [5.41, 5.74) is 0. The Balaban J connectivity index is 3.96. The number of aliphatic carboxylic acids is 1. The number of hydrogen-bond donors (Lipinski definition) is 4. The highest BCUT2D eigenvalue weighted by atomic mass is 16.5. The van der Waals surface area contributed by atoms with Gasteiger partial charge < -0.3 is 25.4 Å².